The second-order valence-electron chi connectivity index (χ2n) is 4.55. The van der Waals surface area contributed by atoms with Gasteiger partial charge in [-0.05, 0) is 31.9 Å². The van der Waals surface area contributed by atoms with Crippen molar-refractivity contribution in [3.8, 4) is 11.5 Å². The van der Waals surface area contributed by atoms with Gasteiger partial charge in [-0.25, -0.2) is 0 Å². The minimum atomic E-state index is 0.234. The Morgan fingerprint density at radius 3 is 2.75 bits per heavy atom. The van der Waals surface area contributed by atoms with Crippen molar-refractivity contribution in [1.29, 1.82) is 0 Å². The number of rotatable bonds is 10. The maximum atomic E-state index is 8.75. The summed E-state index contributed by atoms with van der Waals surface area (Å²) in [7, 11) is 1.61. The number of methoxy groups -OCH3 is 1. The van der Waals surface area contributed by atoms with Crippen LogP contribution in [-0.4, -0.2) is 32.0 Å². The lowest BCUT2D eigenvalue weighted by molar-refractivity contribution is 0.282. The number of hydrogen-bond donors (Lipinski definition) is 2. The van der Waals surface area contributed by atoms with Gasteiger partial charge in [-0.15, -0.1) is 0 Å². The van der Waals surface area contributed by atoms with E-state index in [4.69, 9.17) is 26.2 Å². The highest BCUT2D eigenvalue weighted by Gasteiger charge is 2.12. The Morgan fingerprint density at radius 1 is 1.30 bits per heavy atom. The van der Waals surface area contributed by atoms with Crippen molar-refractivity contribution in [2.45, 2.75) is 32.7 Å². The molecule has 20 heavy (non-hydrogen) atoms. The van der Waals surface area contributed by atoms with Crippen molar-refractivity contribution in [2.75, 3.05) is 26.9 Å². The Labute approximate surface area is 126 Å². The predicted molar refractivity (Wildman–Crippen MR) is 81.8 cm³/mol. The van der Waals surface area contributed by atoms with Gasteiger partial charge in [0.1, 0.15) is 0 Å². The Bertz CT molecular complexity index is 399. The van der Waals surface area contributed by atoms with Gasteiger partial charge in [0.05, 0.1) is 13.7 Å². The summed E-state index contributed by atoms with van der Waals surface area (Å²) in [6.45, 7) is 4.46. The molecule has 0 unspecified atom stereocenters. The molecule has 4 nitrogen and oxygen atoms in total. The highest BCUT2D eigenvalue weighted by molar-refractivity contribution is 6.30. The van der Waals surface area contributed by atoms with Gasteiger partial charge >= 0.3 is 0 Å². The van der Waals surface area contributed by atoms with Crippen molar-refractivity contribution < 1.29 is 14.6 Å². The molecular weight excluding hydrogens is 278 g/mol. The first-order valence-electron chi connectivity index (χ1n) is 7.03. The third kappa shape index (κ3) is 5.57. The third-order valence-electron chi connectivity index (χ3n) is 2.84. The van der Waals surface area contributed by atoms with Gasteiger partial charge in [-0.1, -0.05) is 18.5 Å². The van der Waals surface area contributed by atoms with Crippen LogP contribution < -0.4 is 14.8 Å². The van der Waals surface area contributed by atoms with E-state index in [2.05, 4.69) is 12.2 Å². The molecule has 114 valence electrons. The van der Waals surface area contributed by atoms with Crippen molar-refractivity contribution in [3.63, 3.8) is 0 Å². The number of hydrogen-bond acceptors (Lipinski definition) is 4. The average Bonchev–Trinajstić information content (AvgIpc) is 2.45. The predicted octanol–water partition coefficient (Wildman–Crippen LogP) is 3.00. The molecule has 0 radical (unpaired) electrons. The largest absolute Gasteiger partial charge is 0.493 e. The van der Waals surface area contributed by atoms with Crippen LogP contribution >= 0.6 is 11.6 Å². The summed E-state index contributed by atoms with van der Waals surface area (Å²) < 4.78 is 11.1. The number of aliphatic hydroxyl groups excluding tert-OH is 1. The standard InChI is InChI=1S/C15H24ClNO3/c1-3-8-20-15-12(11-17-6-4-5-7-18)9-13(16)10-14(15)19-2/h9-10,17-18H,3-8,11H2,1-2H3. The first kappa shape index (κ1) is 17.1. The van der Waals surface area contributed by atoms with Crippen molar-refractivity contribution in [1.82, 2.24) is 5.32 Å². The Morgan fingerprint density at radius 2 is 2.10 bits per heavy atom. The van der Waals surface area contributed by atoms with Crippen LogP contribution in [-0.2, 0) is 6.54 Å². The number of ether oxygens (including phenoxy) is 2. The SMILES string of the molecule is CCCOc1c(CNCCCCO)cc(Cl)cc1OC. The quantitative estimate of drug-likeness (QED) is 0.652. The molecule has 2 N–H and O–H groups in total. The number of aliphatic hydroxyl groups is 1. The molecule has 0 aliphatic carbocycles. The van der Waals surface area contributed by atoms with Crippen LogP contribution in [0.5, 0.6) is 11.5 Å². The second kappa shape index (κ2) is 9.86. The number of nitrogens with one attached hydrogen (secondary N) is 1. The molecule has 0 spiro atoms. The van der Waals surface area contributed by atoms with Crippen molar-refractivity contribution in [2.24, 2.45) is 0 Å². The number of unbranched alkanes of at least 4 members (excludes halogenated alkanes) is 1. The zero-order chi connectivity index (χ0) is 14.8. The van der Waals surface area contributed by atoms with Crippen LogP contribution in [0.3, 0.4) is 0 Å². The lowest BCUT2D eigenvalue weighted by atomic mass is 10.1. The summed E-state index contributed by atoms with van der Waals surface area (Å²) in [5, 5.41) is 12.7. The van der Waals surface area contributed by atoms with Crippen LogP contribution in [0.1, 0.15) is 31.7 Å². The molecule has 0 aliphatic heterocycles. The van der Waals surface area contributed by atoms with Crippen LogP contribution in [0.15, 0.2) is 12.1 Å². The van der Waals surface area contributed by atoms with Crippen molar-refractivity contribution in [3.05, 3.63) is 22.7 Å². The van der Waals surface area contributed by atoms with E-state index in [1.54, 1.807) is 13.2 Å². The van der Waals surface area contributed by atoms with E-state index < -0.39 is 0 Å². The van der Waals surface area contributed by atoms with E-state index in [1.165, 1.54) is 0 Å². The molecule has 0 bridgehead atoms. The number of halogens is 1. The third-order valence-corrected chi connectivity index (χ3v) is 3.06. The van der Waals surface area contributed by atoms with E-state index in [1.807, 2.05) is 6.07 Å². The molecule has 1 rings (SSSR count). The molecule has 0 atom stereocenters. The van der Waals surface area contributed by atoms with Crippen molar-refractivity contribution >= 4 is 11.6 Å². The number of benzene rings is 1. The van der Waals surface area contributed by atoms with Gasteiger partial charge in [0, 0.05) is 29.8 Å². The topological polar surface area (TPSA) is 50.7 Å². The van der Waals surface area contributed by atoms with Gasteiger partial charge in [0.25, 0.3) is 0 Å². The highest BCUT2D eigenvalue weighted by Crippen LogP contribution is 2.34. The maximum absolute atomic E-state index is 8.75. The monoisotopic (exact) mass is 301 g/mol. The molecular formula is C15H24ClNO3. The molecule has 0 aromatic heterocycles. The van der Waals surface area contributed by atoms with Gasteiger partial charge in [0.15, 0.2) is 11.5 Å². The molecule has 0 fully saturated rings. The lowest BCUT2D eigenvalue weighted by Gasteiger charge is -2.16. The molecule has 0 heterocycles. The fourth-order valence-electron chi connectivity index (χ4n) is 1.86. The summed E-state index contributed by atoms with van der Waals surface area (Å²) in [4.78, 5) is 0. The zero-order valence-corrected chi connectivity index (χ0v) is 13.0. The van der Waals surface area contributed by atoms with Gasteiger partial charge in [0.2, 0.25) is 0 Å². The van der Waals surface area contributed by atoms with Crippen LogP contribution in [0.4, 0.5) is 0 Å². The Balaban J connectivity index is 2.72. The molecule has 0 aliphatic rings. The maximum Gasteiger partial charge on any atom is 0.165 e. The van der Waals surface area contributed by atoms with E-state index in [-0.39, 0.29) is 6.61 Å². The fourth-order valence-corrected chi connectivity index (χ4v) is 2.09. The summed E-state index contributed by atoms with van der Waals surface area (Å²) >= 11 is 6.10. The van der Waals surface area contributed by atoms with Gasteiger partial charge in [-0.2, -0.15) is 0 Å². The van der Waals surface area contributed by atoms with Gasteiger partial charge < -0.3 is 19.9 Å². The molecule has 0 amide bonds. The normalized spacial score (nSPS) is 10.6. The molecule has 5 heteroatoms. The molecule has 0 saturated carbocycles. The van der Waals surface area contributed by atoms with E-state index in [0.29, 0.717) is 23.9 Å². The van der Waals surface area contributed by atoms with Crippen LogP contribution in [0.2, 0.25) is 5.02 Å². The molecule has 1 aromatic rings. The molecule has 0 saturated heterocycles. The van der Waals surface area contributed by atoms with Crippen LogP contribution in [0, 0.1) is 0 Å². The first-order valence-corrected chi connectivity index (χ1v) is 7.41. The average molecular weight is 302 g/mol. The Kier molecular flexibility index (Phi) is 8.42. The summed E-state index contributed by atoms with van der Waals surface area (Å²) in [6, 6.07) is 3.66. The smallest absolute Gasteiger partial charge is 0.165 e. The lowest BCUT2D eigenvalue weighted by Crippen LogP contribution is -2.16. The fraction of sp³-hybridized carbons (Fsp3) is 0.600. The minimum Gasteiger partial charge on any atom is -0.493 e. The minimum absolute atomic E-state index is 0.234. The van der Waals surface area contributed by atoms with E-state index in [0.717, 1.165) is 37.1 Å². The summed E-state index contributed by atoms with van der Waals surface area (Å²) in [5.41, 5.74) is 0.992. The highest BCUT2D eigenvalue weighted by atomic mass is 35.5. The first-order chi connectivity index (χ1) is 9.72. The zero-order valence-electron chi connectivity index (χ0n) is 12.2. The summed E-state index contributed by atoms with van der Waals surface area (Å²) in [5.74, 6) is 1.42. The van der Waals surface area contributed by atoms with Gasteiger partial charge in [-0.3, -0.25) is 0 Å². The van der Waals surface area contributed by atoms with E-state index >= 15 is 0 Å². The summed E-state index contributed by atoms with van der Waals surface area (Å²) in [6.07, 6.45) is 2.69. The molecule has 1 aromatic carbocycles. The Hall–Kier alpha value is -0.970. The second-order valence-corrected chi connectivity index (χ2v) is 4.99. The van der Waals surface area contributed by atoms with E-state index in [9.17, 15) is 0 Å². The van der Waals surface area contributed by atoms with Crippen LogP contribution in [0.25, 0.3) is 0 Å².